The van der Waals surface area contributed by atoms with Crippen LogP contribution in [0.5, 0.6) is 5.88 Å². The quantitative estimate of drug-likeness (QED) is 0.873. The second-order valence-corrected chi connectivity index (χ2v) is 6.41. The van der Waals surface area contributed by atoms with Gasteiger partial charge in [-0.3, -0.25) is 4.57 Å². The van der Waals surface area contributed by atoms with Crippen LogP contribution < -0.4 is 15.9 Å². The SMILES string of the molecule is Cn1c(NCC2CCOCC2)nc(C=c2ccc3c(c2)N=CN=3)c1O. The Bertz CT molecular complexity index is 926. The van der Waals surface area contributed by atoms with Gasteiger partial charge in [0.2, 0.25) is 11.8 Å². The Morgan fingerprint density at radius 3 is 3.04 bits per heavy atom. The molecule has 1 aromatic carbocycles. The van der Waals surface area contributed by atoms with Gasteiger partial charge in [0.15, 0.2) is 0 Å². The lowest BCUT2D eigenvalue weighted by molar-refractivity contribution is 0.0699. The lowest BCUT2D eigenvalue weighted by Crippen LogP contribution is -2.23. The largest absolute Gasteiger partial charge is 0.493 e. The zero-order valence-electron chi connectivity index (χ0n) is 14.1. The molecule has 7 nitrogen and oxygen atoms in total. The summed E-state index contributed by atoms with van der Waals surface area (Å²) in [5.74, 6) is 1.39. The summed E-state index contributed by atoms with van der Waals surface area (Å²) in [5, 5.41) is 15.5. The van der Waals surface area contributed by atoms with Crippen LogP contribution in [0.2, 0.25) is 0 Å². The number of imidazole rings is 1. The molecule has 2 aromatic rings. The van der Waals surface area contributed by atoms with Crippen molar-refractivity contribution in [3.05, 3.63) is 34.5 Å². The van der Waals surface area contributed by atoms with Gasteiger partial charge in [-0.25, -0.2) is 15.0 Å². The van der Waals surface area contributed by atoms with Gasteiger partial charge in [0.25, 0.3) is 0 Å². The number of rotatable bonds is 4. The van der Waals surface area contributed by atoms with E-state index in [1.807, 2.05) is 24.3 Å². The third-order valence-corrected chi connectivity index (χ3v) is 4.68. The van der Waals surface area contributed by atoms with Gasteiger partial charge in [0.1, 0.15) is 12.0 Å². The number of benzene rings is 1. The highest BCUT2D eigenvalue weighted by molar-refractivity contribution is 5.67. The van der Waals surface area contributed by atoms with E-state index in [1.165, 1.54) is 0 Å². The predicted molar refractivity (Wildman–Crippen MR) is 95.8 cm³/mol. The van der Waals surface area contributed by atoms with Gasteiger partial charge >= 0.3 is 0 Å². The van der Waals surface area contributed by atoms with Crippen LogP contribution in [0.3, 0.4) is 0 Å². The molecule has 3 heterocycles. The third-order valence-electron chi connectivity index (χ3n) is 4.68. The summed E-state index contributed by atoms with van der Waals surface area (Å²) >= 11 is 0. The van der Waals surface area contributed by atoms with Gasteiger partial charge in [-0.05, 0) is 42.2 Å². The monoisotopic (exact) mass is 339 g/mol. The van der Waals surface area contributed by atoms with Crippen LogP contribution in [-0.4, -0.2) is 40.8 Å². The molecule has 25 heavy (non-hydrogen) atoms. The number of ether oxygens (including phenoxy) is 1. The van der Waals surface area contributed by atoms with Crippen LogP contribution in [-0.2, 0) is 11.8 Å². The second kappa shape index (κ2) is 6.68. The lowest BCUT2D eigenvalue weighted by atomic mass is 10.0. The van der Waals surface area contributed by atoms with Gasteiger partial charge < -0.3 is 15.2 Å². The molecule has 0 bridgehead atoms. The zero-order valence-corrected chi connectivity index (χ0v) is 14.1. The van der Waals surface area contributed by atoms with Crippen molar-refractivity contribution < 1.29 is 9.84 Å². The predicted octanol–water partition coefficient (Wildman–Crippen LogP) is 1.09. The number of nitrogens with one attached hydrogen (secondary N) is 1. The molecule has 1 saturated heterocycles. The van der Waals surface area contributed by atoms with Crippen molar-refractivity contribution in [1.29, 1.82) is 0 Å². The molecule has 2 N–H and O–H groups in total. The second-order valence-electron chi connectivity index (χ2n) is 6.41. The van der Waals surface area contributed by atoms with Crippen molar-refractivity contribution in [3.8, 4) is 5.88 Å². The highest BCUT2D eigenvalue weighted by Crippen LogP contribution is 2.23. The summed E-state index contributed by atoms with van der Waals surface area (Å²) in [5.41, 5.74) is 1.37. The van der Waals surface area contributed by atoms with Crippen molar-refractivity contribution in [2.24, 2.45) is 23.0 Å². The van der Waals surface area contributed by atoms with Crippen molar-refractivity contribution in [2.45, 2.75) is 12.8 Å². The van der Waals surface area contributed by atoms with Crippen molar-refractivity contribution >= 4 is 24.1 Å². The molecule has 0 radical (unpaired) electrons. The number of aromatic hydroxyl groups is 1. The Kier molecular flexibility index (Phi) is 4.23. The van der Waals surface area contributed by atoms with E-state index in [-0.39, 0.29) is 5.88 Å². The summed E-state index contributed by atoms with van der Waals surface area (Å²) in [4.78, 5) is 12.9. The highest BCUT2D eigenvalue weighted by atomic mass is 16.5. The number of hydrogen-bond donors (Lipinski definition) is 2. The number of nitrogens with zero attached hydrogens (tertiary/aromatic N) is 4. The molecular formula is C18H21N5O2. The summed E-state index contributed by atoms with van der Waals surface area (Å²) in [6, 6.07) is 5.80. The highest BCUT2D eigenvalue weighted by Gasteiger charge is 2.16. The first kappa shape index (κ1) is 15.8. The van der Waals surface area contributed by atoms with Crippen LogP contribution in [0.4, 0.5) is 11.6 Å². The maximum absolute atomic E-state index is 10.4. The molecule has 4 rings (SSSR count). The van der Waals surface area contributed by atoms with E-state index in [1.54, 1.807) is 18.0 Å². The standard InChI is InChI=1S/C18H21N5O2/c1-23-17(24)16(9-13-2-3-14-15(8-13)21-11-20-14)22-18(23)19-10-12-4-6-25-7-5-12/h2-3,8-9,11-12,24H,4-7,10H2,1H3,(H,19,22). The van der Waals surface area contributed by atoms with Gasteiger partial charge in [-0.2, -0.15) is 0 Å². The first-order valence-corrected chi connectivity index (χ1v) is 8.50. The van der Waals surface area contributed by atoms with Crippen molar-refractivity contribution in [2.75, 3.05) is 25.1 Å². The molecule has 1 aromatic heterocycles. The number of aliphatic imine (C=N–C) groups is 1. The number of hydrogen-bond acceptors (Lipinski definition) is 6. The van der Waals surface area contributed by atoms with Crippen LogP contribution >= 0.6 is 0 Å². The maximum Gasteiger partial charge on any atom is 0.220 e. The third kappa shape index (κ3) is 3.28. The first-order valence-electron chi connectivity index (χ1n) is 8.50. The molecule has 7 heteroatoms. The average molecular weight is 339 g/mol. The summed E-state index contributed by atoms with van der Waals surface area (Å²) < 4.78 is 7.06. The maximum atomic E-state index is 10.4. The number of anilines is 1. The van der Waals surface area contributed by atoms with Crippen molar-refractivity contribution in [3.63, 3.8) is 0 Å². The summed E-state index contributed by atoms with van der Waals surface area (Å²) in [6.07, 6.45) is 5.51. The van der Waals surface area contributed by atoms with E-state index < -0.39 is 0 Å². The van der Waals surface area contributed by atoms with E-state index in [2.05, 4.69) is 20.3 Å². The Labute approximate surface area is 145 Å². The van der Waals surface area contributed by atoms with Gasteiger partial charge in [-0.15, -0.1) is 0 Å². The molecule has 0 aliphatic carbocycles. The minimum absolute atomic E-state index is 0.142. The van der Waals surface area contributed by atoms with Crippen LogP contribution in [0, 0.1) is 5.92 Å². The molecule has 0 spiro atoms. The number of aromatic nitrogens is 2. The average Bonchev–Trinajstić information content (AvgIpc) is 3.21. The minimum atomic E-state index is 0.142. The molecule has 0 atom stereocenters. The Balaban J connectivity index is 1.55. The van der Waals surface area contributed by atoms with Crippen LogP contribution in [0.1, 0.15) is 18.5 Å². The molecule has 1 fully saturated rings. The fourth-order valence-electron chi connectivity index (χ4n) is 3.11. The van der Waals surface area contributed by atoms with E-state index in [9.17, 15) is 5.11 Å². The van der Waals surface area contributed by atoms with Crippen LogP contribution in [0.25, 0.3) is 6.08 Å². The van der Waals surface area contributed by atoms with Crippen molar-refractivity contribution in [1.82, 2.24) is 9.55 Å². The molecule has 0 unspecified atom stereocenters. The Morgan fingerprint density at radius 1 is 1.36 bits per heavy atom. The molecule has 2 aliphatic heterocycles. The van der Waals surface area contributed by atoms with Gasteiger partial charge in [-0.1, -0.05) is 6.07 Å². The van der Waals surface area contributed by atoms with E-state index in [0.717, 1.165) is 48.9 Å². The molecule has 2 aliphatic rings. The normalized spacial score (nSPS) is 17.6. The van der Waals surface area contributed by atoms with Gasteiger partial charge in [0, 0.05) is 26.8 Å². The van der Waals surface area contributed by atoms with Crippen LogP contribution in [0.15, 0.2) is 28.2 Å². The van der Waals surface area contributed by atoms with E-state index >= 15 is 0 Å². The lowest BCUT2D eigenvalue weighted by Gasteiger charge is -2.22. The Morgan fingerprint density at radius 2 is 2.20 bits per heavy atom. The fraction of sp³-hybridized carbons (Fsp3) is 0.389. The number of fused-ring (bicyclic) bond motifs is 1. The Hall–Kier alpha value is -2.67. The minimum Gasteiger partial charge on any atom is -0.493 e. The zero-order chi connectivity index (χ0) is 17.2. The molecule has 0 saturated carbocycles. The van der Waals surface area contributed by atoms with E-state index in [4.69, 9.17) is 4.74 Å². The summed E-state index contributed by atoms with van der Waals surface area (Å²) in [7, 11) is 1.80. The topological polar surface area (TPSA) is 84.0 Å². The first-order chi connectivity index (χ1) is 12.2. The molecular weight excluding hydrogens is 318 g/mol. The van der Waals surface area contributed by atoms with Gasteiger partial charge in [0.05, 0.1) is 11.0 Å². The summed E-state index contributed by atoms with van der Waals surface area (Å²) in [6.45, 7) is 2.48. The van der Waals surface area contributed by atoms with E-state index in [0.29, 0.717) is 17.6 Å². The smallest absolute Gasteiger partial charge is 0.220 e. The molecule has 130 valence electrons. The fourth-order valence-corrected chi connectivity index (χ4v) is 3.11. The molecule has 0 amide bonds.